The summed E-state index contributed by atoms with van der Waals surface area (Å²) in [5.74, 6) is 0.529. The van der Waals surface area contributed by atoms with E-state index in [9.17, 15) is 0 Å². The molecule has 0 rings (SSSR count). The fourth-order valence-electron chi connectivity index (χ4n) is 4.84. The Hall–Kier alpha value is 0.827. The fraction of sp³-hybridized carbons (Fsp3) is 0.923. The van der Waals surface area contributed by atoms with Crippen LogP contribution in [-0.2, 0) is 4.43 Å². The van der Waals surface area contributed by atoms with Crippen molar-refractivity contribution in [1.82, 2.24) is 0 Å². The number of rotatable bonds is 19. The van der Waals surface area contributed by atoms with Crippen LogP contribution in [0.25, 0.3) is 0 Å². The Morgan fingerprint density at radius 2 is 1.27 bits per heavy atom. The summed E-state index contributed by atoms with van der Waals surface area (Å²) in [7, 11) is -1.49. The molecule has 0 aromatic rings. The van der Waals surface area contributed by atoms with Gasteiger partial charge in [-0.15, -0.1) is 0 Å². The predicted molar refractivity (Wildman–Crippen MR) is 151 cm³/mol. The van der Waals surface area contributed by atoms with Gasteiger partial charge in [0.25, 0.3) is 0 Å². The molecule has 0 unspecified atom stereocenters. The van der Waals surface area contributed by atoms with E-state index < -0.39 is 13.6 Å². The van der Waals surface area contributed by atoms with Crippen LogP contribution in [0.3, 0.4) is 0 Å². The summed E-state index contributed by atoms with van der Waals surface area (Å²) in [5.41, 5.74) is 1.70. The zero-order chi connectivity index (χ0) is 23.1. The van der Waals surface area contributed by atoms with Gasteiger partial charge in [-0.1, -0.05) is 0 Å². The van der Waals surface area contributed by atoms with E-state index in [0.29, 0.717) is 5.92 Å². The Morgan fingerprint density at radius 1 is 0.833 bits per heavy atom. The summed E-state index contributed by atoms with van der Waals surface area (Å²) in [4.78, 5) is 0. The van der Waals surface area contributed by atoms with E-state index in [4.69, 9.17) is 4.43 Å². The molecule has 0 amide bonds. The van der Waals surface area contributed by atoms with Gasteiger partial charge in [-0.2, -0.15) is 0 Å². The van der Waals surface area contributed by atoms with E-state index >= 15 is 0 Å². The van der Waals surface area contributed by atoms with E-state index in [1.165, 1.54) is 87.7 Å². The molecule has 4 heteroatoms. The quantitative estimate of drug-likeness (QED) is 0.0929. The van der Waals surface area contributed by atoms with Gasteiger partial charge in [-0.05, 0) is 0 Å². The third kappa shape index (κ3) is 10.6. The maximum absolute atomic E-state index is 6.63. The number of hydrogen-bond donors (Lipinski definition) is 0. The summed E-state index contributed by atoms with van der Waals surface area (Å²) in [6, 6.07) is 3.75. The Balaban J connectivity index is 5.56. The van der Waals surface area contributed by atoms with Crippen LogP contribution in [0.15, 0.2) is 11.6 Å². The number of unbranched alkanes of at least 4 members (excludes halogenated alkanes) is 3. The van der Waals surface area contributed by atoms with Crippen molar-refractivity contribution in [3.8, 4) is 0 Å². The van der Waals surface area contributed by atoms with Crippen molar-refractivity contribution >= 4 is 29.1 Å². The summed E-state index contributed by atoms with van der Waals surface area (Å²) in [6.07, 6.45) is 17.5. The van der Waals surface area contributed by atoms with Crippen molar-refractivity contribution in [3.63, 3.8) is 0 Å². The standard InChI is InChI=1S/C26H56BrOPSi/c1-9-16-19-29(27,20-17-10-2,21-18-11-3)24-26(12-4)22-25(8)23-28-30(13-5,14-6)15-7/h22,25H,9-21,23-24H2,1-8H3/b26-22-/t25-/m0/s1. The molecule has 182 valence electrons. The first kappa shape index (κ1) is 30.8. The molecule has 1 nitrogen and oxygen atoms in total. The molecule has 0 aliphatic rings. The van der Waals surface area contributed by atoms with E-state index in [1.807, 2.05) is 0 Å². The summed E-state index contributed by atoms with van der Waals surface area (Å²) in [5, 5.41) is -1.87. The zero-order valence-electron chi connectivity index (χ0n) is 22.0. The second-order valence-electron chi connectivity index (χ2n) is 9.92. The third-order valence-corrected chi connectivity index (χ3v) is 21.5. The molecule has 0 aromatic heterocycles. The molecule has 0 aromatic carbocycles. The third-order valence-electron chi connectivity index (χ3n) is 7.37. The van der Waals surface area contributed by atoms with E-state index in [0.717, 1.165) is 6.61 Å². The Labute approximate surface area is 200 Å². The molecule has 0 aliphatic carbocycles. The minimum absolute atomic E-state index is 0.529. The van der Waals surface area contributed by atoms with Crippen LogP contribution in [0, 0.1) is 5.92 Å². The van der Waals surface area contributed by atoms with Gasteiger partial charge < -0.3 is 0 Å². The molecule has 0 saturated carbocycles. The molecular formula is C26H56BrOPSi. The van der Waals surface area contributed by atoms with E-state index in [-0.39, 0.29) is 0 Å². The monoisotopic (exact) mass is 522 g/mol. The van der Waals surface area contributed by atoms with Crippen molar-refractivity contribution in [2.45, 2.75) is 118 Å². The van der Waals surface area contributed by atoms with Crippen molar-refractivity contribution in [2.24, 2.45) is 5.92 Å². The molecule has 0 aliphatic heterocycles. The first-order valence-corrected chi connectivity index (χ1v) is 20.8. The molecular weight excluding hydrogens is 467 g/mol. The molecule has 0 saturated heterocycles. The van der Waals surface area contributed by atoms with Crippen molar-refractivity contribution in [3.05, 3.63) is 11.6 Å². The molecule has 0 heterocycles. The van der Waals surface area contributed by atoms with Gasteiger partial charge in [0, 0.05) is 0 Å². The normalized spacial score (nSPS) is 15.8. The number of halogens is 1. The van der Waals surface area contributed by atoms with Crippen LogP contribution in [0.4, 0.5) is 0 Å². The molecule has 0 spiro atoms. The molecule has 0 fully saturated rings. The van der Waals surface area contributed by atoms with Gasteiger partial charge in [-0.3, -0.25) is 0 Å². The first-order chi connectivity index (χ1) is 14.2. The predicted octanol–water partition coefficient (Wildman–Crippen LogP) is 10.2. The van der Waals surface area contributed by atoms with Gasteiger partial charge in [-0.25, -0.2) is 0 Å². The topological polar surface area (TPSA) is 9.23 Å². The summed E-state index contributed by atoms with van der Waals surface area (Å²) < 4.78 is 6.63. The van der Waals surface area contributed by atoms with Crippen LogP contribution >= 0.6 is 20.8 Å². The fourth-order valence-corrected chi connectivity index (χ4v) is 16.6. The SMILES string of the molecule is CCCCP(Br)(CCCC)(CCCC)C/C(=C\[C@H](C)CO[Si](CC)(CC)CC)CC. The van der Waals surface area contributed by atoms with Gasteiger partial charge in [0.2, 0.25) is 0 Å². The minimum atomic E-state index is -1.87. The van der Waals surface area contributed by atoms with Gasteiger partial charge in [0.1, 0.15) is 0 Å². The Kier molecular flexibility index (Phi) is 16.1. The van der Waals surface area contributed by atoms with Crippen LogP contribution < -0.4 is 0 Å². The van der Waals surface area contributed by atoms with Gasteiger partial charge in [0.15, 0.2) is 0 Å². The average molecular weight is 524 g/mol. The second kappa shape index (κ2) is 15.6. The molecule has 1 atom stereocenters. The Morgan fingerprint density at radius 3 is 1.60 bits per heavy atom. The number of allylic oxidation sites excluding steroid dienone is 1. The molecule has 30 heavy (non-hydrogen) atoms. The first-order valence-electron chi connectivity index (χ1n) is 13.3. The van der Waals surface area contributed by atoms with Crippen LogP contribution in [-0.4, -0.2) is 39.6 Å². The second-order valence-corrected chi connectivity index (χ2v) is 26.0. The van der Waals surface area contributed by atoms with Gasteiger partial charge in [0.05, 0.1) is 0 Å². The summed E-state index contributed by atoms with van der Waals surface area (Å²) >= 11 is 4.60. The Bertz CT molecular complexity index is 443. The van der Waals surface area contributed by atoms with Crippen molar-refractivity contribution in [1.29, 1.82) is 0 Å². The summed E-state index contributed by atoms with van der Waals surface area (Å²) in [6.45, 7) is 19.7. The van der Waals surface area contributed by atoms with Crippen LogP contribution in [0.1, 0.15) is 100 Å². The van der Waals surface area contributed by atoms with Crippen molar-refractivity contribution in [2.75, 3.05) is 31.3 Å². The van der Waals surface area contributed by atoms with E-state index in [2.05, 4.69) is 77.0 Å². The maximum atomic E-state index is 6.63. The molecule has 0 bridgehead atoms. The number of hydrogen-bond acceptors (Lipinski definition) is 1. The van der Waals surface area contributed by atoms with Gasteiger partial charge >= 0.3 is 201 Å². The van der Waals surface area contributed by atoms with E-state index in [1.54, 1.807) is 5.57 Å². The van der Waals surface area contributed by atoms with Crippen LogP contribution in [0.2, 0.25) is 18.1 Å². The molecule has 0 N–H and O–H groups in total. The van der Waals surface area contributed by atoms with Crippen LogP contribution in [0.5, 0.6) is 0 Å². The average Bonchev–Trinajstić information content (AvgIpc) is 2.76. The zero-order valence-corrected chi connectivity index (χ0v) is 25.5. The van der Waals surface area contributed by atoms with Crippen molar-refractivity contribution < 1.29 is 4.43 Å². The molecule has 0 radical (unpaired) electrons.